The molecule has 0 spiro atoms. The van der Waals surface area contributed by atoms with Crippen LogP contribution in [0.5, 0.6) is 0 Å². The Morgan fingerprint density at radius 3 is 0.952 bits per heavy atom. The van der Waals surface area contributed by atoms with Crippen molar-refractivity contribution in [2.45, 2.75) is 0 Å². The van der Waals surface area contributed by atoms with Gasteiger partial charge in [-0.1, -0.05) is 188 Å². The predicted octanol–water partition coefficient (Wildman–Crippen LogP) is 16.9. The topological polar surface area (TPSA) is 6.48 Å². The van der Waals surface area contributed by atoms with Gasteiger partial charge in [0.25, 0.3) is 0 Å². The number of rotatable bonds is 5. The number of benzene rings is 10. The van der Waals surface area contributed by atoms with Gasteiger partial charge >= 0.3 is 0 Å². The van der Waals surface area contributed by atoms with Crippen LogP contribution in [0, 0.1) is 0 Å². The average Bonchev–Trinajstić information content (AvgIpc) is 3.56. The van der Waals surface area contributed by atoms with Crippen molar-refractivity contribution >= 4 is 34.1 Å². The summed E-state index contributed by atoms with van der Waals surface area (Å²) >= 11 is 0. The second-order valence-corrected chi connectivity index (χ2v) is 16.1. The molecule has 2 nitrogen and oxygen atoms in total. The van der Waals surface area contributed by atoms with Crippen LogP contribution in [0.2, 0.25) is 0 Å². The summed E-state index contributed by atoms with van der Waals surface area (Å²) in [7, 11) is 0. The van der Waals surface area contributed by atoms with Crippen molar-refractivity contribution in [2.75, 3.05) is 9.80 Å². The third-order valence-corrected chi connectivity index (χ3v) is 12.5. The number of anilines is 6. The van der Waals surface area contributed by atoms with Crippen molar-refractivity contribution in [1.29, 1.82) is 0 Å². The van der Waals surface area contributed by atoms with Crippen molar-refractivity contribution in [2.24, 2.45) is 0 Å². The Balaban J connectivity index is 1.11. The van der Waals surface area contributed by atoms with Gasteiger partial charge in [0.05, 0.1) is 22.7 Å². The predicted molar refractivity (Wildman–Crippen MR) is 261 cm³/mol. The Bertz CT molecular complexity index is 3240. The minimum Gasteiger partial charge on any atom is -0.309 e. The molecule has 10 aromatic carbocycles. The van der Waals surface area contributed by atoms with Crippen LogP contribution >= 0.6 is 0 Å². The molecule has 2 heterocycles. The van der Waals surface area contributed by atoms with Crippen LogP contribution in [0.15, 0.2) is 243 Å². The zero-order chi connectivity index (χ0) is 41.0. The third kappa shape index (κ3) is 5.96. The molecule has 0 saturated carbocycles. The summed E-state index contributed by atoms with van der Waals surface area (Å²) in [5, 5.41) is 0. The van der Waals surface area contributed by atoms with E-state index in [1.54, 1.807) is 0 Å². The van der Waals surface area contributed by atoms with Crippen LogP contribution in [0.3, 0.4) is 0 Å². The smallest absolute Gasteiger partial charge is 0.0546 e. The quantitative estimate of drug-likeness (QED) is 0.171. The lowest BCUT2D eigenvalue weighted by atomic mass is 9.91. The van der Waals surface area contributed by atoms with Crippen LogP contribution < -0.4 is 9.80 Å². The first-order chi connectivity index (χ1) is 30.8. The summed E-state index contributed by atoms with van der Waals surface area (Å²) < 4.78 is 0. The first-order valence-corrected chi connectivity index (χ1v) is 21.3. The number of nitrogens with zero attached hydrogens (tertiary/aromatic N) is 2. The van der Waals surface area contributed by atoms with E-state index in [0.717, 1.165) is 45.3 Å². The number of hydrogen-bond acceptors (Lipinski definition) is 2. The fourth-order valence-corrected chi connectivity index (χ4v) is 9.67. The van der Waals surface area contributed by atoms with E-state index in [9.17, 15) is 0 Å². The number of para-hydroxylation sites is 3. The number of hydrogen-bond donors (Lipinski definition) is 0. The van der Waals surface area contributed by atoms with Crippen LogP contribution in [0.1, 0.15) is 0 Å². The van der Waals surface area contributed by atoms with Crippen LogP contribution in [-0.4, -0.2) is 0 Å². The minimum atomic E-state index is 1.11. The second-order valence-electron chi connectivity index (χ2n) is 16.1. The molecule has 0 fully saturated rings. The lowest BCUT2D eigenvalue weighted by Crippen LogP contribution is -2.12. The van der Waals surface area contributed by atoms with E-state index in [0.29, 0.717) is 0 Å². The molecule has 62 heavy (non-hydrogen) atoms. The molecule has 0 bridgehead atoms. The molecular formula is C60H40N2. The molecule has 0 unspecified atom stereocenters. The molecule has 0 radical (unpaired) electrons. The Morgan fingerprint density at radius 1 is 0.177 bits per heavy atom. The van der Waals surface area contributed by atoms with Gasteiger partial charge in [-0.2, -0.15) is 0 Å². The largest absolute Gasteiger partial charge is 0.309 e. The van der Waals surface area contributed by atoms with Gasteiger partial charge in [0.2, 0.25) is 0 Å². The Hall–Kier alpha value is -8.20. The zero-order valence-electron chi connectivity index (χ0n) is 34.0. The summed E-state index contributed by atoms with van der Waals surface area (Å²) in [4.78, 5) is 4.94. The summed E-state index contributed by atoms with van der Waals surface area (Å²) in [5.74, 6) is 0. The molecule has 0 N–H and O–H groups in total. The van der Waals surface area contributed by atoms with Gasteiger partial charge < -0.3 is 9.80 Å². The van der Waals surface area contributed by atoms with Crippen molar-refractivity contribution in [3.63, 3.8) is 0 Å². The van der Waals surface area contributed by atoms with E-state index in [2.05, 4.69) is 252 Å². The SMILES string of the molecule is c1ccc(-c2cc(-c3ccccc3)cc(N3c4ccccc4-c4ccccc4-c4ccc(-c5ccc6c(c5)N(c5ccccc5)c5ccccc5-c5ccccc5-6)cc43)c2)cc1. The Labute approximate surface area is 362 Å². The fourth-order valence-electron chi connectivity index (χ4n) is 9.67. The van der Waals surface area contributed by atoms with E-state index in [4.69, 9.17) is 0 Å². The van der Waals surface area contributed by atoms with Crippen LogP contribution in [0.4, 0.5) is 34.1 Å². The van der Waals surface area contributed by atoms with Gasteiger partial charge in [-0.25, -0.2) is 0 Å². The highest BCUT2D eigenvalue weighted by Gasteiger charge is 2.29. The van der Waals surface area contributed by atoms with E-state index in [1.165, 1.54) is 66.8 Å². The summed E-state index contributed by atoms with van der Waals surface area (Å²) in [5.41, 5.74) is 23.6. The van der Waals surface area contributed by atoms with Crippen LogP contribution in [-0.2, 0) is 0 Å². The molecule has 12 rings (SSSR count). The fraction of sp³-hybridized carbons (Fsp3) is 0. The minimum absolute atomic E-state index is 1.11. The van der Waals surface area contributed by atoms with E-state index < -0.39 is 0 Å². The first-order valence-electron chi connectivity index (χ1n) is 21.3. The molecule has 10 aromatic rings. The molecule has 0 aromatic heterocycles. The van der Waals surface area contributed by atoms with Gasteiger partial charge in [-0.05, 0) is 110 Å². The lowest BCUT2D eigenvalue weighted by molar-refractivity contribution is 1.29. The summed E-state index contributed by atoms with van der Waals surface area (Å²) in [6.07, 6.45) is 0. The molecule has 0 aliphatic carbocycles. The van der Waals surface area contributed by atoms with Crippen molar-refractivity contribution in [3.05, 3.63) is 243 Å². The molecular weight excluding hydrogens is 749 g/mol. The maximum atomic E-state index is 2.50. The molecule has 2 aliphatic rings. The van der Waals surface area contributed by atoms with Gasteiger partial charge in [0.15, 0.2) is 0 Å². The van der Waals surface area contributed by atoms with E-state index in [-0.39, 0.29) is 0 Å². The normalized spacial score (nSPS) is 12.1. The Morgan fingerprint density at radius 2 is 0.516 bits per heavy atom. The van der Waals surface area contributed by atoms with E-state index in [1.807, 2.05) is 0 Å². The highest BCUT2D eigenvalue weighted by atomic mass is 15.2. The van der Waals surface area contributed by atoms with Crippen LogP contribution in [0.25, 0.3) is 77.9 Å². The lowest BCUT2D eigenvalue weighted by Gasteiger charge is -2.29. The Kier molecular flexibility index (Phi) is 8.53. The van der Waals surface area contributed by atoms with Crippen molar-refractivity contribution in [3.8, 4) is 77.9 Å². The monoisotopic (exact) mass is 788 g/mol. The maximum absolute atomic E-state index is 2.50. The van der Waals surface area contributed by atoms with Gasteiger partial charge in [-0.15, -0.1) is 0 Å². The molecule has 0 amide bonds. The summed E-state index contributed by atoms with van der Waals surface area (Å²) in [6, 6.07) is 88.8. The molecule has 0 atom stereocenters. The highest BCUT2D eigenvalue weighted by Crippen LogP contribution is 2.54. The van der Waals surface area contributed by atoms with Gasteiger partial charge in [0, 0.05) is 33.6 Å². The molecule has 2 heteroatoms. The second kappa shape index (κ2) is 14.8. The standard InChI is InChI=1S/C60H40N2/c1-4-18-41(19-5-1)45-36-46(42-20-6-2-7-21-42)38-48(37-45)62-58-31-17-15-29-54(58)50-25-11-13-27-52(50)56-35-33-44(40-60(56)62)43-32-34-55-51-26-12-10-24-49(51)53-28-14-16-30-57(53)61(59(55)39-43)47-22-8-3-9-23-47/h1-40H. The highest BCUT2D eigenvalue weighted by molar-refractivity contribution is 6.06. The third-order valence-electron chi connectivity index (χ3n) is 12.5. The zero-order valence-corrected chi connectivity index (χ0v) is 34.0. The van der Waals surface area contributed by atoms with Gasteiger partial charge in [0.1, 0.15) is 0 Å². The maximum Gasteiger partial charge on any atom is 0.0546 e. The molecule has 0 saturated heterocycles. The summed E-state index contributed by atoms with van der Waals surface area (Å²) in [6.45, 7) is 0. The van der Waals surface area contributed by atoms with E-state index >= 15 is 0 Å². The van der Waals surface area contributed by atoms with Crippen molar-refractivity contribution < 1.29 is 0 Å². The first kappa shape index (κ1) is 35.7. The average molecular weight is 789 g/mol. The molecule has 290 valence electrons. The van der Waals surface area contributed by atoms with Gasteiger partial charge in [-0.3, -0.25) is 0 Å². The molecule has 2 aliphatic heterocycles. The number of fused-ring (bicyclic) bond motifs is 10. The van der Waals surface area contributed by atoms with Crippen molar-refractivity contribution in [1.82, 2.24) is 0 Å².